The fourth-order valence-corrected chi connectivity index (χ4v) is 3.64. The van der Waals surface area contributed by atoms with Crippen molar-refractivity contribution in [3.8, 4) is 0 Å². The van der Waals surface area contributed by atoms with Gasteiger partial charge >= 0.3 is 5.69 Å². The predicted molar refractivity (Wildman–Crippen MR) is 105 cm³/mol. The molecule has 0 spiro atoms. The SMILES string of the molecule is Cn1c(=O)c2c(nc(N3CCNCC3)n2CCc2ccccc2)n(C)c1=O. The minimum absolute atomic E-state index is 0.296. The third-order valence-electron chi connectivity index (χ3n) is 5.19. The summed E-state index contributed by atoms with van der Waals surface area (Å²) in [7, 11) is 3.18. The molecule has 1 aromatic carbocycles. The smallest absolute Gasteiger partial charge is 0.332 e. The molecular weight excluding hydrogens is 344 g/mol. The number of hydrogen-bond donors (Lipinski definition) is 1. The molecule has 0 bridgehead atoms. The molecule has 0 aliphatic carbocycles. The highest BCUT2D eigenvalue weighted by Gasteiger charge is 2.23. The summed E-state index contributed by atoms with van der Waals surface area (Å²) in [5, 5.41) is 3.34. The van der Waals surface area contributed by atoms with E-state index < -0.39 is 0 Å². The van der Waals surface area contributed by atoms with Crippen molar-refractivity contribution in [1.82, 2.24) is 24.0 Å². The molecule has 1 saturated heterocycles. The number of aryl methyl sites for hydroxylation is 3. The monoisotopic (exact) mass is 368 g/mol. The summed E-state index contributed by atoms with van der Waals surface area (Å²) in [6.07, 6.45) is 0.789. The molecular formula is C19H24N6O2. The van der Waals surface area contributed by atoms with Crippen LogP contribution in [0.2, 0.25) is 0 Å². The number of fused-ring (bicyclic) bond motifs is 1. The summed E-state index contributed by atoms with van der Waals surface area (Å²) in [6, 6.07) is 10.2. The molecule has 0 amide bonds. The Hall–Kier alpha value is -2.87. The Bertz CT molecular complexity index is 1070. The van der Waals surface area contributed by atoms with Gasteiger partial charge in [0, 0.05) is 46.8 Å². The number of nitrogens with one attached hydrogen (secondary N) is 1. The number of imidazole rings is 1. The van der Waals surface area contributed by atoms with E-state index >= 15 is 0 Å². The van der Waals surface area contributed by atoms with Gasteiger partial charge in [-0.1, -0.05) is 30.3 Å². The standard InChI is InChI=1S/C19H24N6O2/c1-22-16-15(17(26)23(2)19(22)27)25(11-8-14-6-4-3-5-7-14)18(21-16)24-12-9-20-10-13-24/h3-7,20H,8-13H2,1-2H3. The molecule has 1 fully saturated rings. The number of anilines is 1. The van der Waals surface area contributed by atoms with E-state index in [1.807, 2.05) is 22.8 Å². The van der Waals surface area contributed by atoms with Crippen molar-refractivity contribution in [3.63, 3.8) is 0 Å². The fraction of sp³-hybridized carbons (Fsp3) is 0.421. The molecule has 0 unspecified atom stereocenters. The van der Waals surface area contributed by atoms with Crippen LogP contribution in [-0.2, 0) is 27.1 Å². The minimum atomic E-state index is -0.355. The van der Waals surface area contributed by atoms with Crippen LogP contribution >= 0.6 is 0 Å². The molecule has 1 aliphatic heterocycles. The molecule has 27 heavy (non-hydrogen) atoms. The fourth-order valence-electron chi connectivity index (χ4n) is 3.64. The molecule has 0 radical (unpaired) electrons. The lowest BCUT2D eigenvalue weighted by molar-refractivity contribution is 0.565. The lowest BCUT2D eigenvalue weighted by atomic mass is 10.1. The van der Waals surface area contributed by atoms with Gasteiger partial charge in [0.1, 0.15) is 0 Å². The van der Waals surface area contributed by atoms with Crippen LogP contribution in [0.4, 0.5) is 5.95 Å². The zero-order chi connectivity index (χ0) is 19.0. The number of piperazine rings is 1. The first-order chi connectivity index (χ1) is 13.1. The molecule has 0 atom stereocenters. The molecule has 3 aromatic rings. The molecule has 1 aliphatic rings. The van der Waals surface area contributed by atoms with E-state index in [-0.39, 0.29) is 11.2 Å². The van der Waals surface area contributed by atoms with Gasteiger partial charge in [-0.2, -0.15) is 4.98 Å². The van der Waals surface area contributed by atoms with E-state index in [1.165, 1.54) is 17.2 Å². The Morgan fingerprint density at radius 3 is 2.44 bits per heavy atom. The van der Waals surface area contributed by atoms with Gasteiger partial charge in [-0.05, 0) is 12.0 Å². The molecule has 8 nitrogen and oxygen atoms in total. The van der Waals surface area contributed by atoms with Crippen molar-refractivity contribution in [2.75, 3.05) is 31.1 Å². The summed E-state index contributed by atoms with van der Waals surface area (Å²) in [5.74, 6) is 0.765. The maximum atomic E-state index is 12.9. The average molecular weight is 368 g/mol. The summed E-state index contributed by atoms with van der Waals surface area (Å²) in [5.41, 5.74) is 1.49. The first-order valence-electron chi connectivity index (χ1n) is 9.24. The number of nitrogens with zero attached hydrogens (tertiary/aromatic N) is 5. The van der Waals surface area contributed by atoms with Crippen molar-refractivity contribution in [3.05, 3.63) is 56.7 Å². The van der Waals surface area contributed by atoms with Crippen molar-refractivity contribution < 1.29 is 0 Å². The number of hydrogen-bond acceptors (Lipinski definition) is 5. The van der Waals surface area contributed by atoms with Gasteiger partial charge in [0.15, 0.2) is 11.2 Å². The van der Waals surface area contributed by atoms with Crippen molar-refractivity contribution in [2.24, 2.45) is 14.1 Å². The Morgan fingerprint density at radius 2 is 1.74 bits per heavy atom. The van der Waals surface area contributed by atoms with Crippen molar-refractivity contribution >= 4 is 17.1 Å². The molecule has 0 saturated carbocycles. The highest BCUT2D eigenvalue weighted by atomic mass is 16.2. The molecule has 1 N–H and O–H groups in total. The van der Waals surface area contributed by atoms with Gasteiger partial charge in [-0.15, -0.1) is 0 Å². The average Bonchev–Trinajstić information content (AvgIpc) is 3.10. The van der Waals surface area contributed by atoms with Crippen LogP contribution in [0.15, 0.2) is 39.9 Å². The van der Waals surface area contributed by atoms with Gasteiger partial charge in [-0.3, -0.25) is 13.9 Å². The summed E-state index contributed by atoms with van der Waals surface area (Å²) >= 11 is 0. The topological polar surface area (TPSA) is 77.1 Å². The van der Waals surface area contributed by atoms with Crippen LogP contribution in [0.3, 0.4) is 0 Å². The second kappa shape index (κ2) is 7.03. The largest absolute Gasteiger partial charge is 0.340 e. The Labute approximate surface area is 156 Å². The Balaban J connectivity index is 1.87. The molecule has 142 valence electrons. The molecule has 2 aromatic heterocycles. The molecule has 3 heterocycles. The van der Waals surface area contributed by atoms with E-state index in [2.05, 4.69) is 22.3 Å². The van der Waals surface area contributed by atoms with Crippen LogP contribution in [0, 0.1) is 0 Å². The third kappa shape index (κ3) is 3.06. The summed E-state index contributed by atoms with van der Waals surface area (Å²) in [6.45, 7) is 4.02. The van der Waals surface area contributed by atoms with Gasteiger partial charge in [0.25, 0.3) is 5.56 Å². The second-order valence-corrected chi connectivity index (χ2v) is 6.91. The quantitative estimate of drug-likeness (QED) is 0.706. The first-order valence-corrected chi connectivity index (χ1v) is 9.24. The van der Waals surface area contributed by atoms with Crippen LogP contribution in [0.1, 0.15) is 5.56 Å². The van der Waals surface area contributed by atoms with Gasteiger partial charge in [0.05, 0.1) is 0 Å². The third-order valence-corrected chi connectivity index (χ3v) is 5.19. The van der Waals surface area contributed by atoms with E-state index in [0.29, 0.717) is 17.7 Å². The Morgan fingerprint density at radius 1 is 1.04 bits per heavy atom. The van der Waals surface area contributed by atoms with Crippen LogP contribution in [0.5, 0.6) is 0 Å². The van der Waals surface area contributed by atoms with Gasteiger partial charge in [0.2, 0.25) is 5.95 Å². The van der Waals surface area contributed by atoms with E-state index in [0.717, 1.165) is 43.1 Å². The van der Waals surface area contributed by atoms with E-state index in [9.17, 15) is 9.59 Å². The number of rotatable bonds is 4. The van der Waals surface area contributed by atoms with Crippen LogP contribution in [-0.4, -0.2) is 44.9 Å². The zero-order valence-electron chi connectivity index (χ0n) is 15.7. The van der Waals surface area contributed by atoms with E-state index in [4.69, 9.17) is 4.98 Å². The lowest BCUT2D eigenvalue weighted by Gasteiger charge is -2.28. The second-order valence-electron chi connectivity index (χ2n) is 6.91. The van der Waals surface area contributed by atoms with Crippen molar-refractivity contribution in [2.45, 2.75) is 13.0 Å². The first kappa shape index (κ1) is 17.5. The maximum absolute atomic E-state index is 12.9. The normalized spacial score (nSPS) is 14.8. The predicted octanol–water partition coefficient (Wildman–Crippen LogP) is 0.0860. The van der Waals surface area contributed by atoms with Crippen molar-refractivity contribution in [1.29, 1.82) is 0 Å². The zero-order valence-corrected chi connectivity index (χ0v) is 15.7. The Kier molecular flexibility index (Phi) is 4.57. The maximum Gasteiger partial charge on any atom is 0.332 e. The van der Waals surface area contributed by atoms with Gasteiger partial charge in [-0.25, -0.2) is 4.79 Å². The minimum Gasteiger partial charge on any atom is -0.340 e. The van der Waals surface area contributed by atoms with Crippen LogP contribution < -0.4 is 21.5 Å². The molecule has 4 rings (SSSR count). The highest BCUT2D eigenvalue weighted by Crippen LogP contribution is 2.21. The van der Waals surface area contributed by atoms with Crippen LogP contribution in [0.25, 0.3) is 11.2 Å². The summed E-state index contributed by atoms with van der Waals surface area (Å²) < 4.78 is 4.60. The summed E-state index contributed by atoms with van der Waals surface area (Å²) in [4.78, 5) is 32.1. The molecule has 8 heteroatoms. The number of benzene rings is 1. The van der Waals surface area contributed by atoms with Gasteiger partial charge < -0.3 is 14.8 Å². The lowest BCUT2D eigenvalue weighted by Crippen LogP contribution is -2.44. The highest BCUT2D eigenvalue weighted by molar-refractivity contribution is 5.74. The number of aromatic nitrogens is 4. The van der Waals surface area contributed by atoms with E-state index in [1.54, 1.807) is 7.05 Å².